The minimum Gasteiger partial charge on any atom is -0.497 e. The Hall–Kier alpha value is -3.40. The zero-order valence-corrected chi connectivity index (χ0v) is 23.2. The van der Waals surface area contributed by atoms with E-state index in [9.17, 15) is 14.0 Å². The highest BCUT2D eigenvalue weighted by molar-refractivity contribution is 8.00. The van der Waals surface area contributed by atoms with Crippen molar-refractivity contribution < 1.29 is 23.1 Å². The number of halogens is 2. The Kier molecular flexibility index (Phi) is 7.83. The van der Waals surface area contributed by atoms with Crippen molar-refractivity contribution in [2.75, 3.05) is 24.3 Å². The standard InChI is InChI=1S/C28H32F2N4O3S/c1-16(2)31-22(35)14-33-23(36)15-38-25(20-12-7-17(29)13-21(20)30)24-26(28(3,4)5)32-34(27(24)33)18-8-10-19(37-6)11-9-18/h7-13,16,25H,14-15H2,1-6H3,(H,31,35). The maximum atomic E-state index is 15.2. The summed E-state index contributed by atoms with van der Waals surface area (Å²) in [5.74, 6) is -0.984. The molecule has 0 aliphatic carbocycles. The van der Waals surface area contributed by atoms with Crippen molar-refractivity contribution in [2.45, 2.75) is 51.3 Å². The molecule has 202 valence electrons. The van der Waals surface area contributed by atoms with Crippen LogP contribution >= 0.6 is 11.8 Å². The average Bonchev–Trinajstić information content (AvgIpc) is 3.18. The summed E-state index contributed by atoms with van der Waals surface area (Å²) in [5.41, 5.74) is 1.65. The third kappa shape index (κ3) is 5.55. The molecule has 7 nitrogen and oxygen atoms in total. The molecule has 1 N–H and O–H groups in total. The summed E-state index contributed by atoms with van der Waals surface area (Å²) in [6, 6.07) is 10.5. The van der Waals surface area contributed by atoms with Gasteiger partial charge in [0.05, 0.1) is 29.5 Å². The summed E-state index contributed by atoms with van der Waals surface area (Å²) >= 11 is 1.24. The topological polar surface area (TPSA) is 76.5 Å². The van der Waals surface area contributed by atoms with Crippen molar-refractivity contribution in [1.82, 2.24) is 15.1 Å². The van der Waals surface area contributed by atoms with Crippen molar-refractivity contribution >= 4 is 29.4 Å². The van der Waals surface area contributed by atoms with Gasteiger partial charge in [-0.3, -0.25) is 14.5 Å². The van der Waals surface area contributed by atoms with Gasteiger partial charge in [-0.1, -0.05) is 26.8 Å². The molecule has 0 saturated carbocycles. The first-order valence-electron chi connectivity index (χ1n) is 12.3. The number of anilines is 1. The predicted octanol–water partition coefficient (Wildman–Crippen LogP) is 5.15. The number of nitrogens with zero attached hydrogens (tertiary/aromatic N) is 3. The number of amides is 2. The van der Waals surface area contributed by atoms with E-state index in [2.05, 4.69) is 5.32 Å². The van der Waals surface area contributed by atoms with Crippen LogP contribution in [0.3, 0.4) is 0 Å². The SMILES string of the molecule is COc1ccc(-n2nc(C(C)(C)C)c3c2N(CC(=O)NC(C)C)C(=O)CSC3c2ccc(F)cc2F)cc1. The summed E-state index contributed by atoms with van der Waals surface area (Å²) in [6.45, 7) is 9.42. The van der Waals surface area contributed by atoms with Gasteiger partial charge in [-0.2, -0.15) is 5.10 Å². The lowest BCUT2D eigenvalue weighted by Crippen LogP contribution is -2.44. The van der Waals surface area contributed by atoms with Crippen LogP contribution in [0.25, 0.3) is 5.69 Å². The Bertz CT molecular complexity index is 1350. The molecule has 2 heterocycles. The molecule has 0 bridgehead atoms. The van der Waals surface area contributed by atoms with E-state index in [4.69, 9.17) is 9.84 Å². The van der Waals surface area contributed by atoms with E-state index in [1.807, 2.05) is 34.6 Å². The first kappa shape index (κ1) is 27.6. The predicted molar refractivity (Wildman–Crippen MR) is 145 cm³/mol. The molecular formula is C28H32F2N4O3S. The molecule has 1 aliphatic heterocycles. The van der Waals surface area contributed by atoms with Gasteiger partial charge in [0.15, 0.2) is 0 Å². The number of carbonyl (C=O) groups excluding carboxylic acids is 2. The van der Waals surface area contributed by atoms with Crippen LogP contribution in [-0.2, 0) is 15.0 Å². The number of nitrogens with one attached hydrogen (secondary N) is 1. The van der Waals surface area contributed by atoms with Crippen LogP contribution in [0, 0.1) is 11.6 Å². The van der Waals surface area contributed by atoms with E-state index in [1.54, 1.807) is 36.1 Å². The number of ether oxygens (including phenoxy) is 1. The van der Waals surface area contributed by atoms with Crippen molar-refractivity contribution in [2.24, 2.45) is 0 Å². The van der Waals surface area contributed by atoms with Gasteiger partial charge >= 0.3 is 0 Å². The zero-order chi connectivity index (χ0) is 27.8. The van der Waals surface area contributed by atoms with Crippen molar-refractivity contribution in [3.8, 4) is 11.4 Å². The van der Waals surface area contributed by atoms with Crippen molar-refractivity contribution in [3.63, 3.8) is 0 Å². The van der Waals surface area contributed by atoms with E-state index in [1.165, 1.54) is 28.8 Å². The van der Waals surface area contributed by atoms with Crippen LogP contribution in [0.4, 0.5) is 14.6 Å². The highest BCUT2D eigenvalue weighted by Gasteiger charge is 2.40. The second-order valence-corrected chi connectivity index (χ2v) is 11.6. The van der Waals surface area contributed by atoms with Gasteiger partial charge in [-0.15, -0.1) is 11.8 Å². The van der Waals surface area contributed by atoms with Gasteiger partial charge in [0.2, 0.25) is 11.8 Å². The summed E-state index contributed by atoms with van der Waals surface area (Å²) in [7, 11) is 1.57. The maximum Gasteiger partial charge on any atom is 0.240 e. The van der Waals surface area contributed by atoms with Crippen LogP contribution in [0.1, 0.15) is 56.7 Å². The molecule has 0 fully saturated rings. The van der Waals surface area contributed by atoms with Gasteiger partial charge in [0.25, 0.3) is 0 Å². The summed E-state index contributed by atoms with van der Waals surface area (Å²) in [5, 5.41) is 7.13. The molecule has 1 aliphatic rings. The second-order valence-electron chi connectivity index (χ2n) is 10.5. The lowest BCUT2D eigenvalue weighted by Gasteiger charge is -2.25. The molecular weight excluding hydrogens is 510 g/mol. The van der Waals surface area contributed by atoms with Crippen LogP contribution in [0.15, 0.2) is 42.5 Å². The smallest absolute Gasteiger partial charge is 0.240 e. The molecule has 1 aromatic heterocycles. The molecule has 1 unspecified atom stereocenters. The maximum absolute atomic E-state index is 15.2. The van der Waals surface area contributed by atoms with Gasteiger partial charge in [0.1, 0.15) is 29.7 Å². The molecule has 0 saturated heterocycles. The van der Waals surface area contributed by atoms with Crippen LogP contribution in [0.2, 0.25) is 0 Å². The van der Waals surface area contributed by atoms with Gasteiger partial charge in [-0.25, -0.2) is 13.5 Å². The van der Waals surface area contributed by atoms with Crippen LogP contribution in [0.5, 0.6) is 5.75 Å². The zero-order valence-electron chi connectivity index (χ0n) is 22.3. The monoisotopic (exact) mass is 542 g/mol. The molecule has 2 amide bonds. The Morgan fingerprint density at radius 3 is 2.45 bits per heavy atom. The van der Waals surface area contributed by atoms with E-state index >= 15 is 4.39 Å². The Labute approximate surface area is 225 Å². The second kappa shape index (κ2) is 10.8. The Morgan fingerprint density at radius 1 is 1.18 bits per heavy atom. The molecule has 0 spiro atoms. The van der Waals surface area contributed by atoms with Crippen molar-refractivity contribution in [3.05, 3.63) is 70.9 Å². The summed E-state index contributed by atoms with van der Waals surface area (Å²) in [4.78, 5) is 27.9. The number of aromatic nitrogens is 2. The minimum atomic E-state index is -0.705. The molecule has 1 atom stereocenters. The van der Waals surface area contributed by atoms with E-state index in [0.717, 1.165) is 6.07 Å². The van der Waals surface area contributed by atoms with E-state index in [-0.39, 0.29) is 35.7 Å². The molecule has 3 aromatic rings. The lowest BCUT2D eigenvalue weighted by molar-refractivity contribution is -0.123. The van der Waals surface area contributed by atoms with E-state index in [0.29, 0.717) is 28.5 Å². The molecule has 4 rings (SSSR count). The Balaban J connectivity index is 2.02. The lowest BCUT2D eigenvalue weighted by atomic mass is 9.87. The average molecular weight is 543 g/mol. The minimum absolute atomic E-state index is 0.00266. The number of rotatable bonds is 6. The highest BCUT2D eigenvalue weighted by Crippen LogP contribution is 2.49. The third-order valence-electron chi connectivity index (χ3n) is 6.11. The highest BCUT2D eigenvalue weighted by atomic mass is 32.2. The first-order valence-corrected chi connectivity index (χ1v) is 13.4. The fraction of sp³-hybridized carbons (Fsp3) is 0.393. The largest absolute Gasteiger partial charge is 0.497 e. The normalized spacial score (nSPS) is 15.9. The third-order valence-corrected chi connectivity index (χ3v) is 7.35. The van der Waals surface area contributed by atoms with E-state index < -0.39 is 22.3 Å². The van der Waals surface area contributed by atoms with Gasteiger partial charge in [-0.05, 0) is 44.2 Å². The van der Waals surface area contributed by atoms with Crippen molar-refractivity contribution in [1.29, 1.82) is 0 Å². The number of thioether (sulfide) groups is 1. The summed E-state index contributed by atoms with van der Waals surface area (Å²) in [6.07, 6.45) is 0. The molecule has 38 heavy (non-hydrogen) atoms. The number of benzene rings is 2. The van der Waals surface area contributed by atoms with Crippen LogP contribution in [-0.4, -0.2) is 47.0 Å². The van der Waals surface area contributed by atoms with Crippen LogP contribution < -0.4 is 15.0 Å². The quantitative estimate of drug-likeness (QED) is 0.466. The van der Waals surface area contributed by atoms with Gasteiger partial charge in [0, 0.05) is 28.7 Å². The molecule has 2 aromatic carbocycles. The summed E-state index contributed by atoms with van der Waals surface area (Å²) < 4.78 is 36.0. The first-order chi connectivity index (χ1) is 17.9. The fourth-order valence-corrected chi connectivity index (χ4v) is 5.67. The number of fused-ring (bicyclic) bond motifs is 1. The number of hydrogen-bond donors (Lipinski definition) is 1. The fourth-order valence-electron chi connectivity index (χ4n) is 4.45. The van der Waals surface area contributed by atoms with Gasteiger partial charge < -0.3 is 10.1 Å². The number of carbonyl (C=O) groups is 2. The molecule has 0 radical (unpaired) electrons. The number of hydrogen-bond acceptors (Lipinski definition) is 5. The number of methoxy groups -OCH3 is 1. The Morgan fingerprint density at radius 2 is 1.87 bits per heavy atom. The molecule has 10 heteroatoms.